The lowest BCUT2D eigenvalue weighted by Crippen LogP contribution is -3.00. The maximum Gasteiger partial charge on any atom is 0.112 e. The van der Waals surface area contributed by atoms with Gasteiger partial charge in [0.1, 0.15) is 23.2 Å². The van der Waals surface area contributed by atoms with E-state index in [-0.39, 0.29) is 24.0 Å². The Balaban J connectivity index is 0.00000261. The van der Waals surface area contributed by atoms with E-state index in [4.69, 9.17) is 0 Å². The first-order valence-corrected chi connectivity index (χ1v) is 12.7. The van der Waals surface area contributed by atoms with Gasteiger partial charge in [-0.1, -0.05) is 91.0 Å². The molecule has 3 rings (SSSR count). The Labute approximate surface area is 195 Å². The average Bonchev–Trinajstić information content (AvgIpc) is 2.71. The highest BCUT2D eigenvalue weighted by Gasteiger charge is 2.45. The molecule has 0 atom stereocenters. The number of benzene rings is 3. The van der Waals surface area contributed by atoms with Crippen LogP contribution in [-0.4, -0.2) is 10.6 Å². The van der Waals surface area contributed by atoms with E-state index in [1.807, 2.05) is 0 Å². The fraction of sp³-hybridized carbons (Fsp3) is 0.250. The zero-order valence-corrected chi connectivity index (χ0v) is 21.2. The van der Waals surface area contributed by atoms with Crippen molar-refractivity contribution in [1.82, 2.24) is 0 Å². The summed E-state index contributed by atoms with van der Waals surface area (Å²) < 4.78 is 1.18. The fourth-order valence-corrected chi connectivity index (χ4v) is 8.45. The first-order chi connectivity index (χ1) is 12.6. The van der Waals surface area contributed by atoms with Gasteiger partial charge in [-0.15, -0.1) is 0 Å². The lowest BCUT2D eigenvalue weighted by atomic mass is 9.93. The van der Waals surface area contributed by atoms with Crippen LogP contribution in [0.5, 0.6) is 0 Å². The molecule has 0 amide bonds. The van der Waals surface area contributed by atoms with Crippen LogP contribution in [0, 0.1) is 5.41 Å². The van der Waals surface area contributed by atoms with E-state index in [2.05, 4.69) is 127 Å². The zero-order valence-electron chi connectivity index (χ0n) is 16.0. The van der Waals surface area contributed by atoms with Crippen molar-refractivity contribution in [3.8, 4) is 0 Å². The van der Waals surface area contributed by atoms with Crippen molar-refractivity contribution in [2.75, 3.05) is 10.6 Å². The van der Waals surface area contributed by atoms with Gasteiger partial charge in [-0.3, -0.25) is 0 Å². The largest absolute Gasteiger partial charge is 1.00 e. The molecule has 0 aromatic heterocycles. The monoisotopic (exact) mass is 600 g/mol. The van der Waals surface area contributed by atoms with Crippen LogP contribution in [0.2, 0.25) is 0 Å². The van der Waals surface area contributed by atoms with E-state index in [9.17, 15) is 0 Å². The van der Waals surface area contributed by atoms with Gasteiger partial charge < -0.3 is 24.0 Å². The van der Waals surface area contributed by atoms with Crippen LogP contribution in [0.3, 0.4) is 0 Å². The molecule has 0 aliphatic heterocycles. The molecule has 0 saturated carbocycles. The molecule has 0 unspecified atom stereocenters. The van der Waals surface area contributed by atoms with E-state index in [0.29, 0.717) is 5.41 Å². The molecule has 0 radical (unpaired) electrons. The molecule has 0 bridgehead atoms. The molecular formula is C24H27I2P. The summed E-state index contributed by atoms with van der Waals surface area (Å²) in [6.07, 6.45) is 2.43. The Hall–Kier alpha value is -0.450. The van der Waals surface area contributed by atoms with E-state index in [0.717, 1.165) is 0 Å². The van der Waals surface area contributed by atoms with Crippen molar-refractivity contribution in [3.05, 3.63) is 91.0 Å². The Kier molecular flexibility index (Phi) is 8.76. The SMILES string of the molecule is CC(C)(CI)CC[P+](c1ccccc1)(c1ccccc1)c1ccccc1.[I-]. The lowest BCUT2D eigenvalue weighted by molar-refractivity contribution is -0.00000553. The standard InChI is InChI=1S/C24H27IP.HI/c1-24(2,20-25)18-19-26(21-12-6-3-7-13-21,22-14-8-4-9-15-22)23-16-10-5-11-17-23;/h3-17H,18-20H2,1-2H3;1H/q+1;/p-1. The normalized spacial score (nSPS) is 11.7. The van der Waals surface area contributed by atoms with Crippen molar-refractivity contribution < 1.29 is 24.0 Å². The molecule has 0 nitrogen and oxygen atoms in total. The third kappa shape index (κ3) is 5.33. The van der Waals surface area contributed by atoms with Crippen LogP contribution in [0.25, 0.3) is 0 Å². The minimum atomic E-state index is -1.67. The van der Waals surface area contributed by atoms with Crippen molar-refractivity contribution in [2.45, 2.75) is 20.3 Å². The third-order valence-electron chi connectivity index (χ3n) is 5.08. The average molecular weight is 600 g/mol. The van der Waals surface area contributed by atoms with Gasteiger partial charge in [0.15, 0.2) is 0 Å². The van der Waals surface area contributed by atoms with Crippen molar-refractivity contribution in [3.63, 3.8) is 0 Å². The van der Waals surface area contributed by atoms with E-state index < -0.39 is 7.26 Å². The maximum atomic E-state index is 2.54. The smallest absolute Gasteiger partial charge is 0.112 e. The number of halogens is 2. The second-order valence-corrected chi connectivity index (χ2v) is 12.0. The van der Waals surface area contributed by atoms with Gasteiger partial charge in [-0.25, -0.2) is 0 Å². The molecule has 142 valence electrons. The summed E-state index contributed by atoms with van der Waals surface area (Å²) in [6, 6.07) is 33.6. The summed E-state index contributed by atoms with van der Waals surface area (Å²) in [7, 11) is -1.67. The van der Waals surface area contributed by atoms with Gasteiger partial charge in [-0.2, -0.15) is 0 Å². The predicted octanol–water partition coefficient (Wildman–Crippen LogP) is 2.84. The molecule has 3 aromatic rings. The maximum absolute atomic E-state index is 2.54. The minimum absolute atomic E-state index is 0. The number of alkyl halides is 1. The molecule has 0 aliphatic rings. The molecule has 3 aromatic carbocycles. The van der Waals surface area contributed by atoms with Crippen molar-refractivity contribution >= 4 is 45.8 Å². The Bertz CT molecular complexity index is 705. The van der Waals surface area contributed by atoms with Gasteiger partial charge in [0.2, 0.25) is 0 Å². The second kappa shape index (κ2) is 10.4. The van der Waals surface area contributed by atoms with E-state index in [1.54, 1.807) is 0 Å². The highest BCUT2D eigenvalue weighted by atomic mass is 127. The van der Waals surface area contributed by atoms with Gasteiger partial charge in [0, 0.05) is 4.43 Å². The van der Waals surface area contributed by atoms with Crippen molar-refractivity contribution in [1.29, 1.82) is 0 Å². The lowest BCUT2D eigenvalue weighted by Gasteiger charge is -2.31. The number of rotatable bonds is 7. The minimum Gasteiger partial charge on any atom is -1.00 e. The molecule has 0 saturated heterocycles. The van der Waals surface area contributed by atoms with Crippen LogP contribution in [0.15, 0.2) is 91.0 Å². The van der Waals surface area contributed by atoms with Crippen LogP contribution in [-0.2, 0) is 0 Å². The topological polar surface area (TPSA) is 0 Å². The first kappa shape index (κ1) is 22.8. The van der Waals surface area contributed by atoms with Gasteiger partial charge >= 0.3 is 0 Å². The van der Waals surface area contributed by atoms with Crippen LogP contribution < -0.4 is 39.9 Å². The van der Waals surface area contributed by atoms with E-state index in [1.165, 1.54) is 32.9 Å². The molecule has 0 aliphatic carbocycles. The van der Waals surface area contributed by atoms with E-state index >= 15 is 0 Å². The third-order valence-corrected chi connectivity index (χ3v) is 11.6. The van der Waals surface area contributed by atoms with Crippen molar-refractivity contribution in [2.24, 2.45) is 5.41 Å². The molecular weight excluding hydrogens is 573 g/mol. The van der Waals surface area contributed by atoms with Gasteiger partial charge in [0.05, 0.1) is 6.16 Å². The molecule has 0 N–H and O–H groups in total. The number of hydrogen-bond donors (Lipinski definition) is 0. The summed E-state index contributed by atoms with van der Waals surface area (Å²) >= 11 is 2.54. The Morgan fingerprint density at radius 2 is 1.00 bits per heavy atom. The second-order valence-electron chi connectivity index (χ2n) is 7.59. The first-order valence-electron chi connectivity index (χ1n) is 9.19. The molecule has 0 fully saturated rings. The molecule has 3 heteroatoms. The highest BCUT2D eigenvalue weighted by molar-refractivity contribution is 14.1. The molecule has 0 spiro atoms. The van der Waals surface area contributed by atoms with Gasteiger partial charge in [0.25, 0.3) is 0 Å². The summed E-state index contributed by atoms with van der Waals surface area (Å²) in [6.45, 7) is 4.80. The summed E-state index contributed by atoms with van der Waals surface area (Å²) in [5.74, 6) is 0. The highest BCUT2D eigenvalue weighted by Crippen LogP contribution is 2.56. The molecule has 0 heterocycles. The van der Waals surface area contributed by atoms with Gasteiger partial charge in [-0.05, 0) is 48.2 Å². The Morgan fingerprint density at radius 3 is 1.30 bits per heavy atom. The predicted molar refractivity (Wildman–Crippen MR) is 127 cm³/mol. The quantitative estimate of drug-likeness (QED) is 0.223. The summed E-state index contributed by atoms with van der Waals surface area (Å²) in [4.78, 5) is 0. The van der Waals surface area contributed by atoms with Crippen LogP contribution >= 0.6 is 29.9 Å². The number of hydrogen-bond acceptors (Lipinski definition) is 0. The van der Waals surface area contributed by atoms with Crippen LogP contribution in [0.4, 0.5) is 0 Å². The summed E-state index contributed by atoms with van der Waals surface area (Å²) in [5.41, 5.74) is 0.351. The fourth-order valence-electron chi connectivity index (χ4n) is 3.42. The summed E-state index contributed by atoms with van der Waals surface area (Å²) in [5, 5.41) is 4.46. The molecule has 27 heavy (non-hydrogen) atoms. The zero-order chi connectivity index (χ0) is 18.5. The van der Waals surface area contributed by atoms with Crippen LogP contribution in [0.1, 0.15) is 20.3 Å². The Morgan fingerprint density at radius 1 is 0.667 bits per heavy atom.